The van der Waals surface area contributed by atoms with Crippen LogP contribution in [-0.4, -0.2) is 9.97 Å². The van der Waals surface area contributed by atoms with E-state index >= 15 is 0 Å². The lowest BCUT2D eigenvalue weighted by Gasteiger charge is -2.09. The standard InChI is InChI=1S/C13H13N3S/c1-9-7-10(4-5-12(9)13(14)17)16-11-3-2-6-15-8-11/h2-8,16H,1H3,(H2,14,17). The van der Waals surface area contributed by atoms with Crippen LogP contribution in [-0.2, 0) is 0 Å². The Morgan fingerprint density at radius 3 is 2.71 bits per heavy atom. The maximum atomic E-state index is 5.62. The van der Waals surface area contributed by atoms with Crippen molar-refractivity contribution in [2.45, 2.75) is 6.92 Å². The van der Waals surface area contributed by atoms with Crippen LogP contribution in [0.2, 0.25) is 0 Å². The molecule has 2 rings (SSSR count). The fraction of sp³-hybridized carbons (Fsp3) is 0.0769. The summed E-state index contributed by atoms with van der Waals surface area (Å²) in [5, 5.41) is 3.26. The molecule has 0 unspecified atom stereocenters. The van der Waals surface area contributed by atoms with Gasteiger partial charge in [-0.3, -0.25) is 4.98 Å². The topological polar surface area (TPSA) is 50.9 Å². The third-order valence-corrected chi connectivity index (χ3v) is 2.66. The van der Waals surface area contributed by atoms with Gasteiger partial charge >= 0.3 is 0 Å². The summed E-state index contributed by atoms with van der Waals surface area (Å²) in [6.07, 6.45) is 3.52. The Labute approximate surface area is 106 Å². The number of anilines is 2. The molecule has 0 aliphatic heterocycles. The van der Waals surface area contributed by atoms with Crippen molar-refractivity contribution >= 4 is 28.6 Å². The molecule has 17 heavy (non-hydrogen) atoms. The van der Waals surface area contributed by atoms with Gasteiger partial charge in [0.25, 0.3) is 0 Å². The molecule has 0 radical (unpaired) electrons. The molecule has 1 aromatic heterocycles. The van der Waals surface area contributed by atoms with Crippen LogP contribution in [0.4, 0.5) is 11.4 Å². The first-order chi connectivity index (χ1) is 8.16. The summed E-state index contributed by atoms with van der Waals surface area (Å²) in [5.41, 5.74) is 9.54. The molecule has 0 spiro atoms. The summed E-state index contributed by atoms with van der Waals surface area (Å²) in [5.74, 6) is 0. The minimum absolute atomic E-state index is 0.426. The first-order valence-corrected chi connectivity index (χ1v) is 5.65. The van der Waals surface area contributed by atoms with E-state index < -0.39 is 0 Å². The zero-order valence-electron chi connectivity index (χ0n) is 9.47. The predicted molar refractivity (Wildman–Crippen MR) is 74.6 cm³/mol. The van der Waals surface area contributed by atoms with Crippen molar-refractivity contribution in [2.75, 3.05) is 5.32 Å². The summed E-state index contributed by atoms with van der Waals surface area (Å²) < 4.78 is 0. The van der Waals surface area contributed by atoms with E-state index in [1.54, 1.807) is 12.4 Å². The Morgan fingerprint density at radius 2 is 2.12 bits per heavy atom. The zero-order chi connectivity index (χ0) is 12.3. The number of aromatic nitrogens is 1. The molecule has 1 heterocycles. The molecule has 0 aliphatic rings. The molecule has 0 saturated heterocycles. The minimum Gasteiger partial charge on any atom is -0.389 e. The molecule has 0 aliphatic carbocycles. The van der Waals surface area contributed by atoms with Crippen LogP contribution in [0.25, 0.3) is 0 Å². The lowest BCUT2D eigenvalue weighted by Crippen LogP contribution is -2.11. The SMILES string of the molecule is Cc1cc(Nc2cccnc2)ccc1C(N)=S. The van der Waals surface area contributed by atoms with Gasteiger partial charge in [0, 0.05) is 17.4 Å². The molecule has 1 aromatic carbocycles. The van der Waals surface area contributed by atoms with Gasteiger partial charge in [-0.15, -0.1) is 0 Å². The molecular weight excluding hydrogens is 230 g/mol. The fourth-order valence-electron chi connectivity index (χ4n) is 1.62. The van der Waals surface area contributed by atoms with Gasteiger partial charge in [-0.25, -0.2) is 0 Å². The number of nitrogens with one attached hydrogen (secondary N) is 1. The van der Waals surface area contributed by atoms with Crippen LogP contribution >= 0.6 is 12.2 Å². The van der Waals surface area contributed by atoms with E-state index in [9.17, 15) is 0 Å². The number of pyridine rings is 1. The molecule has 3 N–H and O–H groups in total. The number of aryl methyl sites for hydroxylation is 1. The van der Waals surface area contributed by atoms with Crippen LogP contribution in [0.5, 0.6) is 0 Å². The third kappa shape index (κ3) is 2.79. The van der Waals surface area contributed by atoms with Gasteiger partial charge in [-0.05, 0) is 42.8 Å². The number of hydrogen-bond acceptors (Lipinski definition) is 3. The van der Waals surface area contributed by atoms with Gasteiger partial charge in [0.05, 0.1) is 11.9 Å². The summed E-state index contributed by atoms with van der Waals surface area (Å²) in [6.45, 7) is 1.99. The normalized spacial score (nSPS) is 9.94. The number of thiocarbonyl (C=S) groups is 1. The van der Waals surface area contributed by atoms with E-state index in [1.807, 2.05) is 37.3 Å². The van der Waals surface area contributed by atoms with Gasteiger partial charge in [0.15, 0.2) is 0 Å². The molecule has 3 nitrogen and oxygen atoms in total. The lowest BCUT2D eigenvalue weighted by molar-refractivity contribution is 1.32. The predicted octanol–water partition coefficient (Wildman–Crippen LogP) is 2.77. The Bertz CT molecular complexity index is 538. The molecule has 0 atom stereocenters. The molecule has 4 heteroatoms. The van der Waals surface area contributed by atoms with E-state index in [1.165, 1.54) is 0 Å². The Kier molecular flexibility index (Phi) is 3.35. The monoisotopic (exact) mass is 243 g/mol. The molecule has 0 fully saturated rings. The van der Waals surface area contributed by atoms with Gasteiger partial charge in [0.2, 0.25) is 0 Å². The molecule has 0 amide bonds. The van der Waals surface area contributed by atoms with E-state index in [0.29, 0.717) is 4.99 Å². The minimum atomic E-state index is 0.426. The summed E-state index contributed by atoms with van der Waals surface area (Å²) >= 11 is 4.97. The van der Waals surface area contributed by atoms with Crippen molar-refractivity contribution in [1.29, 1.82) is 0 Å². The van der Waals surface area contributed by atoms with E-state index in [2.05, 4.69) is 10.3 Å². The average Bonchev–Trinajstić information content (AvgIpc) is 2.30. The van der Waals surface area contributed by atoms with Gasteiger partial charge in [-0.1, -0.05) is 12.2 Å². The Balaban J connectivity index is 2.24. The molecule has 2 aromatic rings. The van der Waals surface area contributed by atoms with Gasteiger partial charge < -0.3 is 11.1 Å². The second kappa shape index (κ2) is 4.93. The van der Waals surface area contributed by atoms with Crippen molar-refractivity contribution in [3.05, 3.63) is 53.9 Å². The van der Waals surface area contributed by atoms with Crippen LogP contribution in [0, 0.1) is 6.92 Å². The molecule has 0 saturated carbocycles. The number of hydrogen-bond donors (Lipinski definition) is 2. The first kappa shape index (κ1) is 11.5. The maximum absolute atomic E-state index is 5.62. The fourth-order valence-corrected chi connectivity index (χ4v) is 1.85. The van der Waals surface area contributed by atoms with Gasteiger partial charge in [0.1, 0.15) is 4.99 Å². The Morgan fingerprint density at radius 1 is 1.29 bits per heavy atom. The van der Waals surface area contributed by atoms with Gasteiger partial charge in [-0.2, -0.15) is 0 Å². The van der Waals surface area contributed by atoms with E-state index in [-0.39, 0.29) is 0 Å². The van der Waals surface area contributed by atoms with E-state index in [4.69, 9.17) is 18.0 Å². The highest BCUT2D eigenvalue weighted by Gasteiger charge is 2.02. The van der Waals surface area contributed by atoms with Crippen LogP contribution < -0.4 is 11.1 Å². The van der Waals surface area contributed by atoms with Crippen molar-refractivity contribution in [3.8, 4) is 0 Å². The van der Waals surface area contributed by atoms with Crippen molar-refractivity contribution in [3.63, 3.8) is 0 Å². The van der Waals surface area contributed by atoms with Crippen molar-refractivity contribution < 1.29 is 0 Å². The summed E-state index contributed by atoms with van der Waals surface area (Å²) in [4.78, 5) is 4.47. The second-order valence-corrected chi connectivity index (χ2v) is 4.20. The zero-order valence-corrected chi connectivity index (χ0v) is 10.3. The van der Waals surface area contributed by atoms with E-state index in [0.717, 1.165) is 22.5 Å². The molecular formula is C13H13N3S. The second-order valence-electron chi connectivity index (χ2n) is 3.76. The quantitative estimate of drug-likeness (QED) is 0.814. The highest BCUT2D eigenvalue weighted by atomic mass is 32.1. The van der Waals surface area contributed by atoms with Crippen LogP contribution in [0.3, 0.4) is 0 Å². The number of nitrogens with zero attached hydrogens (tertiary/aromatic N) is 1. The highest BCUT2D eigenvalue weighted by molar-refractivity contribution is 7.80. The van der Waals surface area contributed by atoms with Crippen LogP contribution in [0.15, 0.2) is 42.7 Å². The average molecular weight is 243 g/mol. The molecule has 86 valence electrons. The number of rotatable bonds is 3. The van der Waals surface area contributed by atoms with Crippen LogP contribution in [0.1, 0.15) is 11.1 Å². The maximum Gasteiger partial charge on any atom is 0.104 e. The number of benzene rings is 1. The first-order valence-electron chi connectivity index (χ1n) is 5.24. The Hall–Kier alpha value is -1.94. The largest absolute Gasteiger partial charge is 0.389 e. The number of nitrogens with two attached hydrogens (primary N) is 1. The van der Waals surface area contributed by atoms with Crippen molar-refractivity contribution in [2.24, 2.45) is 5.73 Å². The lowest BCUT2D eigenvalue weighted by atomic mass is 10.1. The summed E-state index contributed by atoms with van der Waals surface area (Å²) in [6, 6.07) is 9.74. The summed E-state index contributed by atoms with van der Waals surface area (Å²) in [7, 11) is 0. The van der Waals surface area contributed by atoms with Crippen molar-refractivity contribution in [1.82, 2.24) is 4.98 Å². The molecule has 0 bridgehead atoms. The third-order valence-electron chi connectivity index (χ3n) is 2.44. The highest BCUT2D eigenvalue weighted by Crippen LogP contribution is 2.19. The smallest absolute Gasteiger partial charge is 0.104 e.